The second kappa shape index (κ2) is 5.97. The molecule has 0 bridgehead atoms. The number of nitrogens with zero attached hydrogens (tertiary/aromatic N) is 2. The van der Waals surface area contributed by atoms with Crippen molar-refractivity contribution in [1.29, 1.82) is 0 Å². The fourth-order valence-electron chi connectivity index (χ4n) is 1.37. The van der Waals surface area contributed by atoms with Crippen LogP contribution in [-0.4, -0.2) is 15.5 Å². The van der Waals surface area contributed by atoms with Gasteiger partial charge in [0.05, 0.1) is 16.7 Å². The lowest BCUT2D eigenvalue weighted by Crippen LogP contribution is -2.23. The van der Waals surface area contributed by atoms with Gasteiger partial charge in [0.1, 0.15) is 0 Å². The van der Waals surface area contributed by atoms with Gasteiger partial charge < -0.3 is 9.88 Å². The Labute approximate surface area is 112 Å². The van der Waals surface area contributed by atoms with Crippen molar-refractivity contribution < 1.29 is 4.79 Å². The molecule has 0 saturated heterocycles. The summed E-state index contributed by atoms with van der Waals surface area (Å²) >= 11 is 5.02. The molecule has 0 aliphatic rings. The SMILES string of the molecule is O=C(CCn1ccnc1)NCc1ccc(Br)s1. The van der Waals surface area contributed by atoms with Crippen LogP contribution in [0.4, 0.5) is 0 Å². The minimum Gasteiger partial charge on any atom is -0.351 e. The van der Waals surface area contributed by atoms with Crippen molar-refractivity contribution in [3.05, 3.63) is 39.5 Å². The number of aryl methyl sites for hydroxylation is 1. The maximum absolute atomic E-state index is 11.6. The normalized spacial score (nSPS) is 10.4. The monoisotopic (exact) mass is 313 g/mol. The summed E-state index contributed by atoms with van der Waals surface area (Å²) in [6.45, 7) is 1.26. The first-order chi connectivity index (χ1) is 8.24. The van der Waals surface area contributed by atoms with E-state index in [-0.39, 0.29) is 5.91 Å². The van der Waals surface area contributed by atoms with Crippen LogP contribution >= 0.6 is 27.3 Å². The number of hydrogen-bond donors (Lipinski definition) is 1. The predicted molar refractivity (Wildman–Crippen MR) is 70.7 cm³/mol. The quantitative estimate of drug-likeness (QED) is 0.921. The van der Waals surface area contributed by atoms with E-state index in [0.29, 0.717) is 19.5 Å². The van der Waals surface area contributed by atoms with Gasteiger partial charge in [0.15, 0.2) is 0 Å². The molecule has 0 fully saturated rings. The van der Waals surface area contributed by atoms with Gasteiger partial charge >= 0.3 is 0 Å². The average molecular weight is 314 g/mol. The Hall–Kier alpha value is -1.14. The predicted octanol–water partition coefficient (Wildman–Crippen LogP) is 2.41. The number of hydrogen-bond acceptors (Lipinski definition) is 3. The lowest BCUT2D eigenvalue weighted by Gasteiger charge is -2.04. The standard InChI is InChI=1S/C11H12BrN3OS/c12-10-2-1-9(17-10)7-14-11(16)3-5-15-6-4-13-8-15/h1-2,4,6,8H,3,5,7H2,(H,14,16). The summed E-state index contributed by atoms with van der Waals surface area (Å²) in [7, 11) is 0. The zero-order chi connectivity index (χ0) is 12.1. The molecule has 90 valence electrons. The van der Waals surface area contributed by atoms with Crippen LogP contribution in [0.1, 0.15) is 11.3 Å². The second-order valence-electron chi connectivity index (χ2n) is 3.53. The topological polar surface area (TPSA) is 46.9 Å². The Morgan fingerprint density at radius 1 is 1.53 bits per heavy atom. The molecular formula is C11H12BrN3OS. The van der Waals surface area contributed by atoms with Crippen LogP contribution in [0.2, 0.25) is 0 Å². The highest BCUT2D eigenvalue weighted by molar-refractivity contribution is 9.11. The van der Waals surface area contributed by atoms with Gasteiger partial charge in [0.2, 0.25) is 5.91 Å². The molecule has 0 spiro atoms. The first kappa shape index (κ1) is 12.3. The number of carbonyl (C=O) groups excluding carboxylic acids is 1. The summed E-state index contributed by atoms with van der Waals surface area (Å²) in [6.07, 6.45) is 5.75. The number of thiophene rings is 1. The van der Waals surface area contributed by atoms with E-state index in [4.69, 9.17) is 0 Å². The number of halogens is 1. The Bertz CT molecular complexity index is 481. The fraction of sp³-hybridized carbons (Fsp3) is 0.273. The van der Waals surface area contributed by atoms with Crippen molar-refractivity contribution in [2.45, 2.75) is 19.5 Å². The van der Waals surface area contributed by atoms with Gasteiger partial charge in [-0.25, -0.2) is 4.98 Å². The zero-order valence-electron chi connectivity index (χ0n) is 9.10. The Balaban J connectivity index is 1.71. The van der Waals surface area contributed by atoms with Gasteiger partial charge in [-0.3, -0.25) is 4.79 Å². The number of imidazole rings is 1. The average Bonchev–Trinajstić information content (AvgIpc) is 2.95. The summed E-state index contributed by atoms with van der Waals surface area (Å²) in [4.78, 5) is 16.6. The third kappa shape index (κ3) is 3.98. The Kier molecular flexibility index (Phi) is 4.33. The van der Waals surface area contributed by atoms with E-state index in [0.717, 1.165) is 8.66 Å². The molecule has 0 aliphatic heterocycles. The van der Waals surface area contributed by atoms with Crippen LogP contribution < -0.4 is 5.32 Å². The molecule has 17 heavy (non-hydrogen) atoms. The maximum Gasteiger partial charge on any atom is 0.222 e. The largest absolute Gasteiger partial charge is 0.351 e. The van der Waals surface area contributed by atoms with Crippen LogP contribution in [0.3, 0.4) is 0 Å². The summed E-state index contributed by atoms with van der Waals surface area (Å²) in [6, 6.07) is 3.99. The van der Waals surface area contributed by atoms with E-state index in [1.807, 2.05) is 22.9 Å². The molecule has 2 aromatic rings. The van der Waals surface area contributed by atoms with Gasteiger partial charge in [0.25, 0.3) is 0 Å². The fourth-order valence-corrected chi connectivity index (χ4v) is 2.79. The molecule has 6 heteroatoms. The van der Waals surface area contributed by atoms with Gasteiger partial charge in [-0.15, -0.1) is 11.3 Å². The van der Waals surface area contributed by atoms with E-state index in [2.05, 4.69) is 26.2 Å². The molecule has 2 heterocycles. The molecule has 1 N–H and O–H groups in total. The number of carbonyl (C=O) groups is 1. The second-order valence-corrected chi connectivity index (χ2v) is 6.08. The van der Waals surface area contributed by atoms with Crippen molar-refractivity contribution in [3.63, 3.8) is 0 Å². The maximum atomic E-state index is 11.6. The van der Waals surface area contributed by atoms with Gasteiger partial charge in [0, 0.05) is 30.2 Å². The van der Waals surface area contributed by atoms with Gasteiger partial charge in [-0.1, -0.05) is 0 Å². The van der Waals surface area contributed by atoms with E-state index < -0.39 is 0 Å². The third-order valence-corrected chi connectivity index (χ3v) is 3.87. The van der Waals surface area contributed by atoms with Crippen molar-refractivity contribution in [3.8, 4) is 0 Å². The van der Waals surface area contributed by atoms with Crippen LogP contribution in [0.15, 0.2) is 34.6 Å². The first-order valence-corrected chi connectivity index (χ1v) is 6.81. The molecule has 0 saturated carbocycles. The molecule has 0 atom stereocenters. The molecule has 4 nitrogen and oxygen atoms in total. The van der Waals surface area contributed by atoms with Crippen LogP contribution in [0.25, 0.3) is 0 Å². The van der Waals surface area contributed by atoms with Crippen LogP contribution in [0, 0.1) is 0 Å². The van der Waals surface area contributed by atoms with Crippen molar-refractivity contribution >= 4 is 33.2 Å². The number of nitrogens with one attached hydrogen (secondary N) is 1. The first-order valence-electron chi connectivity index (χ1n) is 5.21. The summed E-state index contributed by atoms with van der Waals surface area (Å²) in [5.74, 6) is 0.0585. The molecule has 0 aliphatic carbocycles. The highest BCUT2D eigenvalue weighted by Crippen LogP contribution is 2.21. The van der Waals surface area contributed by atoms with Gasteiger partial charge in [-0.05, 0) is 28.1 Å². The smallest absolute Gasteiger partial charge is 0.222 e. The Morgan fingerprint density at radius 2 is 2.41 bits per heavy atom. The molecule has 0 unspecified atom stereocenters. The van der Waals surface area contributed by atoms with E-state index in [1.54, 1.807) is 23.9 Å². The third-order valence-electron chi connectivity index (χ3n) is 2.24. The molecule has 2 rings (SSSR count). The highest BCUT2D eigenvalue weighted by Gasteiger charge is 2.03. The summed E-state index contributed by atoms with van der Waals surface area (Å²) in [5, 5.41) is 2.89. The minimum absolute atomic E-state index is 0.0585. The number of rotatable bonds is 5. The summed E-state index contributed by atoms with van der Waals surface area (Å²) in [5.41, 5.74) is 0. The lowest BCUT2D eigenvalue weighted by molar-refractivity contribution is -0.121. The van der Waals surface area contributed by atoms with Crippen molar-refractivity contribution in [2.75, 3.05) is 0 Å². The molecule has 0 aromatic carbocycles. The molecule has 0 radical (unpaired) electrons. The van der Waals surface area contributed by atoms with Crippen LogP contribution in [0.5, 0.6) is 0 Å². The van der Waals surface area contributed by atoms with Crippen molar-refractivity contribution in [1.82, 2.24) is 14.9 Å². The molecule has 2 aromatic heterocycles. The number of amides is 1. The lowest BCUT2D eigenvalue weighted by atomic mass is 10.4. The highest BCUT2D eigenvalue weighted by atomic mass is 79.9. The van der Waals surface area contributed by atoms with Gasteiger partial charge in [-0.2, -0.15) is 0 Å². The van der Waals surface area contributed by atoms with E-state index in [9.17, 15) is 4.79 Å². The van der Waals surface area contributed by atoms with E-state index >= 15 is 0 Å². The number of aromatic nitrogens is 2. The Morgan fingerprint density at radius 3 is 3.06 bits per heavy atom. The minimum atomic E-state index is 0.0585. The van der Waals surface area contributed by atoms with E-state index in [1.165, 1.54) is 0 Å². The zero-order valence-corrected chi connectivity index (χ0v) is 11.5. The molecule has 1 amide bonds. The van der Waals surface area contributed by atoms with Crippen LogP contribution in [-0.2, 0) is 17.9 Å². The molecular weight excluding hydrogens is 302 g/mol. The van der Waals surface area contributed by atoms with Crippen molar-refractivity contribution in [2.24, 2.45) is 0 Å². The summed E-state index contributed by atoms with van der Waals surface area (Å²) < 4.78 is 2.97.